The molecule has 1 aliphatic heterocycles. The minimum atomic E-state index is -0.835. The third kappa shape index (κ3) is 2.54. The van der Waals surface area contributed by atoms with Gasteiger partial charge in [-0.15, -0.1) is 0 Å². The van der Waals surface area contributed by atoms with E-state index in [4.69, 9.17) is 0 Å². The first kappa shape index (κ1) is 15.5. The van der Waals surface area contributed by atoms with Gasteiger partial charge >= 0.3 is 0 Å². The van der Waals surface area contributed by atoms with Crippen LogP contribution < -0.4 is 5.32 Å². The summed E-state index contributed by atoms with van der Waals surface area (Å²) >= 11 is 0. The van der Waals surface area contributed by atoms with E-state index in [1.807, 2.05) is 26.1 Å². The highest BCUT2D eigenvalue weighted by Crippen LogP contribution is 2.30. The molecule has 116 valence electrons. The van der Waals surface area contributed by atoms with Crippen LogP contribution in [0.2, 0.25) is 0 Å². The van der Waals surface area contributed by atoms with E-state index < -0.39 is 11.1 Å². The number of nitrogens with one attached hydrogen (secondary N) is 1. The van der Waals surface area contributed by atoms with E-state index in [2.05, 4.69) is 10.4 Å². The first-order valence-electron chi connectivity index (χ1n) is 7.49. The second kappa shape index (κ2) is 5.50. The Hall–Kier alpha value is -1.85. The fourth-order valence-electron chi connectivity index (χ4n) is 2.80. The van der Waals surface area contributed by atoms with Crippen molar-refractivity contribution in [2.45, 2.75) is 58.2 Å². The molecular formula is C15H24N4O2. The first-order valence-corrected chi connectivity index (χ1v) is 7.49. The molecule has 2 heterocycles. The second-order valence-corrected chi connectivity index (χ2v) is 6.03. The summed E-state index contributed by atoms with van der Waals surface area (Å²) in [7, 11) is 0. The third-order valence-electron chi connectivity index (χ3n) is 4.56. The molecule has 0 saturated carbocycles. The van der Waals surface area contributed by atoms with E-state index >= 15 is 0 Å². The molecule has 1 aromatic rings. The number of aromatic nitrogens is 2. The van der Waals surface area contributed by atoms with E-state index in [0.717, 1.165) is 0 Å². The van der Waals surface area contributed by atoms with Gasteiger partial charge in [0.15, 0.2) is 0 Å². The molecule has 0 unspecified atom stereocenters. The molecule has 1 aromatic heterocycles. The van der Waals surface area contributed by atoms with Crippen molar-refractivity contribution in [3.8, 4) is 0 Å². The summed E-state index contributed by atoms with van der Waals surface area (Å²) in [5.41, 5.74) is -1.60. The van der Waals surface area contributed by atoms with Gasteiger partial charge in [0.1, 0.15) is 11.1 Å². The number of amides is 2. The van der Waals surface area contributed by atoms with Crippen LogP contribution in [0.5, 0.6) is 0 Å². The van der Waals surface area contributed by atoms with Crippen LogP contribution >= 0.6 is 0 Å². The van der Waals surface area contributed by atoms with Crippen molar-refractivity contribution >= 4 is 11.8 Å². The number of carbonyl (C=O) groups excluding carboxylic acids is 2. The Balaban J connectivity index is 2.25. The predicted octanol–water partition coefficient (Wildman–Crippen LogP) is 1.18. The van der Waals surface area contributed by atoms with Gasteiger partial charge in [-0.3, -0.25) is 14.3 Å². The number of hydrogen-bond donors (Lipinski definition) is 1. The van der Waals surface area contributed by atoms with Gasteiger partial charge in [-0.1, -0.05) is 13.8 Å². The van der Waals surface area contributed by atoms with Crippen LogP contribution in [-0.4, -0.2) is 44.1 Å². The van der Waals surface area contributed by atoms with Crippen molar-refractivity contribution < 1.29 is 9.59 Å². The summed E-state index contributed by atoms with van der Waals surface area (Å²) in [6.07, 6.45) is 4.76. The molecule has 21 heavy (non-hydrogen) atoms. The Morgan fingerprint density at radius 1 is 1.19 bits per heavy atom. The van der Waals surface area contributed by atoms with Crippen LogP contribution in [0.3, 0.4) is 0 Å². The van der Waals surface area contributed by atoms with Gasteiger partial charge in [-0.05, 0) is 32.8 Å². The van der Waals surface area contributed by atoms with Crippen LogP contribution in [-0.2, 0) is 16.1 Å². The Morgan fingerprint density at radius 3 is 2.38 bits per heavy atom. The highest BCUT2D eigenvalue weighted by molar-refractivity contribution is 6.01. The zero-order valence-electron chi connectivity index (χ0n) is 13.2. The second-order valence-electron chi connectivity index (χ2n) is 6.03. The SMILES string of the molecule is CCC1(CC)NC(=O)C(C)(C)N(CCn2cccn2)C1=O. The summed E-state index contributed by atoms with van der Waals surface area (Å²) < 4.78 is 1.77. The molecule has 1 saturated heterocycles. The summed E-state index contributed by atoms with van der Waals surface area (Å²) in [6, 6.07) is 1.85. The third-order valence-corrected chi connectivity index (χ3v) is 4.56. The van der Waals surface area contributed by atoms with Crippen LogP contribution in [0.25, 0.3) is 0 Å². The molecule has 2 amide bonds. The topological polar surface area (TPSA) is 67.2 Å². The summed E-state index contributed by atoms with van der Waals surface area (Å²) in [6.45, 7) is 8.51. The van der Waals surface area contributed by atoms with Crippen molar-refractivity contribution in [1.82, 2.24) is 20.0 Å². The van der Waals surface area contributed by atoms with Gasteiger partial charge in [0, 0.05) is 18.9 Å². The Kier molecular flexibility index (Phi) is 4.07. The molecular weight excluding hydrogens is 268 g/mol. The van der Waals surface area contributed by atoms with E-state index in [1.165, 1.54) is 0 Å². The summed E-state index contributed by atoms with van der Waals surface area (Å²) in [5.74, 6) is -0.0875. The lowest BCUT2D eigenvalue weighted by Gasteiger charge is -2.49. The standard InChI is InChI=1S/C15H24N4O2/c1-5-15(6-2)13(21)19(14(3,4)12(20)17-15)11-10-18-9-7-8-16-18/h7-9H,5-6,10-11H2,1-4H3,(H,17,20). The van der Waals surface area contributed by atoms with E-state index in [-0.39, 0.29) is 11.8 Å². The first-order chi connectivity index (χ1) is 9.87. The number of hydrogen-bond acceptors (Lipinski definition) is 3. The Bertz CT molecular complexity index is 518. The molecule has 1 N–H and O–H groups in total. The molecule has 1 aliphatic rings. The minimum absolute atomic E-state index is 0.00394. The number of carbonyl (C=O) groups is 2. The van der Waals surface area contributed by atoms with E-state index in [9.17, 15) is 9.59 Å². The maximum absolute atomic E-state index is 12.9. The molecule has 6 nitrogen and oxygen atoms in total. The van der Waals surface area contributed by atoms with Gasteiger partial charge in [-0.25, -0.2) is 0 Å². The van der Waals surface area contributed by atoms with Crippen molar-refractivity contribution in [2.75, 3.05) is 6.54 Å². The summed E-state index contributed by atoms with van der Waals surface area (Å²) in [5, 5.41) is 7.09. The fourth-order valence-corrected chi connectivity index (χ4v) is 2.80. The smallest absolute Gasteiger partial charge is 0.249 e. The van der Waals surface area contributed by atoms with Gasteiger partial charge < -0.3 is 10.2 Å². The molecule has 0 atom stereocenters. The van der Waals surface area contributed by atoms with Crippen LogP contribution in [0.15, 0.2) is 18.5 Å². The highest BCUT2D eigenvalue weighted by atomic mass is 16.2. The van der Waals surface area contributed by atoms with E-state index in [1.54, 1.807) is 29.6 Å². The fraction of sp³-hybridized carbons (Fsp3) is 0.667. The van der Waals surface area contributed by atoms with Crippen molar-refractivity contribution in [2.24, 2.45) is 0 Å². The van der Waals surface area contributed by atoms with Crippen LogP contribution in [0.4, 0.5) is 0 Å². The Labute approximate surface area is 125 Å². The van der Waals surface area contributed by atoms with Gasteiger partial charge in [0.25, 0.3) is 0 Å². The summed E-state index contributed by atoms with van der Waals surface area (Å²) in [4.78, 5) is 27.0. The molecule has 0 spiro atoms. The monoisotopic (exact) mass is 292 g/mol. The maximum atomic E-state index is 12.9. The van der Waals surface area contributed by atoms with Gasteiger partial charge in [0.05, 0.1) is 6.54 Å². The predicted molar refractivity (Wildman–Crippen MR) is 79.5 cm³/mol. The molecule has 0 radical (unpaired) electrons. The minimum Gasteiger partial charge on any atom is -0.340 e. The van der Waals surface area contributed by atoms with Gasteiger partial charge in [-0.2, -0.15) is 5.10 Å². The molecule has 0 bridgehead atoms. The van der Waals surface area contributed by atoms with Crippen molar-refractivity contribution in [3.63, 3.8) is 0 Å². The quantitative estimate of drug-likeness (QED) is 0.886. The van der Waals surface area contributed by atoms with Crippen molar-refractivity contribution in [1.29, 1.82) is 0 Å². The molecule has 0 aromatic carbocycles. The van der Waals surface area contributed by atoms with Crippen LogP contribution in [0, 0.1) is 0 Å². The van der Waals surface area contributed by atoms with Crippen molar-refractivity contribution in [3.05, 3.63) is 18.5 Å². The average Bonchev–Trinajstić information content (AvgIpc) is 2.96. The van der Waals surface area contributed by atoms with Gasteiger partial charge in [0.2, 0.25) is 11.8 Å². The molecule has 6 heteroatoms. The van der Waals surface area contributed by atoms with Crippen LogP contribution in [0.1, 0.15) is 40.5 Å². The zero-order chi connectivity index (χ0) is 15.7. The molecule has 2 rings (SSSR count). The normalized spacial score (nSPS) is 20.5. The largest absolute Gasteiger partial charge is 0.340 e. The zero-order valence-corrected chi connectivity index (χ0v) is 13.2. The number of nitrogens with zero attached hydrogens (tertiary/aromatic N) is 3. The average molecular weight is 292 g/mol. The molecule has 1 fully saturated rings. The Morgan fingerprint density at radius 2 is 1.86 bits per heavy atom. The lowest BCUT2D eigenvalue weighted by Crippen LogP contribution is -2.74. The maximum Gasteiger partial charge on any atom is 0.249 e. The number of rotatable bonds is 5. The number of piperazine rings is 1. The highest BCUT2D eigenvalue weighted by Gasteiger charge is 2.52. The van der Waals surface area contributed by atoms with E-state index in [0.29, 0.717) is 25.9 Å². The lowest BCUT2D eigenvalue weighted by atomic mass is 9.83. The lowest BCUT2D eigenvalue weighted by molar-refractivity contribution is -0.161. The molecule has 0 aliphatic carbocycles.